The molecule has 22 heavy (non-hydrogen) atoms. The van der Waals surface area contributed by atoms with Crippen molar-refractivity contribution in [3.8, 4) is 0 Å². The molecule has 3 nitrogen and oxygen atoms in total. The lowest BCUT2D eigenvalue weighted by atomic mass is 10.0. The van der Waals surface area contributed by atoms with E-state index in [1.165, 1.54) is 16.7 Å². The Hall–Kier alpha value is -0.900. The zero-order valence-corrected chi connectivity index (χ0v) is 14.9. The van der Waals surface area contributed by atoms with Crippen LogP contribution in [0.1, 0.15) is 43.9 Å². The van der Waals surface area contributed by atoms with Crippen LogP contribution in [-0.4, -0.2) is 42.4 Å². The quantitative estimate of drug-likeness (QED) is 0.717. The molecule has 0 saturated carbocycles. The summed E-state index contributed by atoms with van der Waals surface area (Å²) in [5.74, 6) is 0.508. The highest BCUT2D eigenvalue weighted by Gasteiger charge is 2.13. The number of nitrogens with zero attached hydrogens (tertiary/aromatic N) is 1. The summed E-state index contributed by atoms with van der Waals surface area (Å²) in [6.07, 6.45) is 0.667. The van der Waals surface area contributed by atoms with Crippen molar-refractivity contribution in [1.82, 2.24) is 4.90 Å². The van der Waals surface area contributed by atoms with Crippen molar-refractivity contribution in [2.24, 2.45) is 5.92 Å². The van der Waals surface area contributed by atoms with Crippen molar-refractivity contribution in [3.63, 3.8) is 0 Å². The van der Waals surface area contributed by atoms with E-state index in [1.54, 1.807) is 0 Å². The molecule has 3 heteroatoms. The van der Waals surface area contributed by atoms with Gasteiger partial charge in [0.1, 0.15) is 0 Å². The first-order valence-corrected chi connectivity index (χ1v) is 8.46. The van der Waals surface area contributed by atoms with Crippen LogP contribution in [0, 0.1) is 19.8 Å². The Morgan fingerprint density at radius 1 is 1.18 bits per heavy atom. The molecule has 0 bridgehead atoms. The molecule has 0 heterocycles. The van der Waals surface area contributed by atoms with Gasteiger partial charge in [0.05, 0.1) is 12.7 Å². The molecule has 0 spiro atoms. The van der Waals surface area contributed by atoms with Gasteiger partial charge in [-0.3, -0.25) is 4.90 Å². The molecule has 0 aromatic heterocycles. The van der Waals surface area contributed by atoms with Gasteiger partial charge in [-0.15, -0.1) is 0 Å². The van der Waals surface area contributed by atoms with Crippen LogP contribution in [-0.2, 0) is 11.3 Å². The van der Waals surface area contributed by atoms with Gasteiger partial charge in [0.2, 0.25) is 0 Å². The molecule has 0 aliphatic rings. The number of rotatable bonds is 10. The molecule has 1 aromatic rings. The van der Waals surface area contributed by atoms with Crippen LogP contribution in [0.4, 0.5) is 0 Å². The Labute approximate surface area is 136 Å². The third kappa shape index (κ3) is 7.39. The van der Waals surface area contributed by atoms with Gasteiger partial charge in [-0.05, 0) is 43.9 Å². The highest BCUT2D eigenvalue weighted by molar-refractivity contribution is 5.30. The van der Waals surface area contributed by atoms with E-state index in [0.717, 1.165) is 19.5 Å². The fourth-order valence-electron chi connectivity index (χ4n) is 2.55. The van der Waals surface area contributed by atoms with E-state index >= 15 is 0 Å². The second-order valence-corrected chi connectivity index (χ2v) is 6.75. The Kier molecular flexibility index (Phi) is 8.69. The van der Waals surface area contributed by atoms with E-state index in [2.05, 4.69) is 57.7 Å². The van der Waals surface area contributed by atoms with Gasteiger partial charge in [-0.1, -0.05) is 44.5 Å². The fraction of sp³-hybridized carbons (Fsp3) is 0.684. The highest BCUT2D eigenvalue weighted by Crippen LogP contribution is 2.14. The van der Waals surface area contributed by atoms with E-state index in [4.69, 9.17) is 4.74 Å². The fourth-order valence-corrected chi connectivity index (χ4v) is 2.55. The second-order valence-electron chi connectivity index (χ2n) is 6.75. The molecule has 0 amide bonds. The minimum absolute atomic E-state index is 0.421. The topological polar surface area (TPSA) is 32.7 Å². The summed E-state index contributed by atoms with van der Waals surface area (Å²) in [6, 6.07) is 6.58. The van der Waals surface area contributed by atoms with Gasteiger partial charge in [0, 0.05) is 19.7 Å². The molecule has 126 valence electrons. The minimum Gasteiger partial charge on any atom is -0.389 e. The van der Waals surface area contributed by atoms with Crippen LogP contribution in [0.3, 0.4) is 0 Å². The molecule has 1 aromatic carbocycles. The number of ether oxygens (including phenoxy) is 1. The maximum Gasteiger partial charge on any atom is 0.0900 e. The van der Waals surface area contributed by atoms with E-state index in [0.29, 0.717) is 25.7 Å². The van der Waals surface area contributed by atoms with Crippen LogP contribution in [0.25, 0.3) is 0 Å². The summed E-state index contributed by atoms with van der Waals surface area (Å²) >= 11 is 0. The zero-order valence-electron chi connectivity index (χ0n) is 14.9. The molecule has 0 radical (unpaired) electrons. The summed E-state index contributed by atoms with van der Waals surface area (Å²) in [5.41, 5.74) is 3.96. The van der Waals surface area contributed by atoms with Gasteiger partial charge in [0.25, 0.3) is 0 Å². The monoisotopic (exact) mass is 307 g/mol. The maximum absolute atomic E-state index is 10.2. The van der Waals surface area contributed by atoms with Gasteiger partial charge in [-0.2, -0.15) is 0 Å². The van der Waals surface area contributed by atoms with Crippen LogP contribution in [0.5, 0.6) is 0 Å². The third-order valence-electron chi connectivity index (χ3n) is 3.67. The van der Waals surface area contributed by atoms with Crippen molar-refractivity contribution >= 4 is 0 Å². The summed E-state index contributed by atoms with van der Waals surface area (Å²) in [4.78, 5) is 2.32. The van der Waals surface area contributed by atoms with Crippen molar-refractivity contribution in [2.45, 2.75) is 53.7 Å². The molecule has 0 saturated heterocycles. The maximum atomic E-state index is 10.2. The zero-order chi connectivity index (χ0) is 16.5. The van der Waals surface area contributed by atoms with E-state index < -0.39 is 6.10 Å². The normalized spacial score (nSPS) is 13.1. The summed E-state index contributed by atoms with van der Waals surface area (Å²) in [5, 5.41) is 10.2. The van der Waals surface area contributed by atoms with Gasteiger partial charge >= 0.3 is 0 Å². The first kappa shape index (κ1) is 19.1. The van der Waals surface area contributed by atoms with Crippen LogP contribution in [0.15, 0.2) is 18.2 Å². The molecule has 0 aliphatic heterocycles. The number of aryl methyl sites for hydroxylation is 2. The first-order valence-electron chi connectivity index (χ1n) is 8.46. The lowest BCUT2D eigenvalue weighted by Gasteiger charge is -2.25. The second kappa shape index (κ2) is 9.98. The van der Waals surface area contributed by atoms with Gasteiger partial charge in [-0.25, -0.2) is 0 Å². The van der Waals surface area contributed by atoms with Gasteiger partial charge in [0.15, 0.2) is 0 Å². The molecule has 1 rings (SSSR count). The first-order chi connectivity index (χ1) is 10.4. The number of hydrogen-bond acceptors (Lipinski definition) is 3. The van der Waals surface area contributed by atoms with Crippen LogP contribution in [0.2, 0.25) is 0 Å². The van der Waals surface area contributed by atoms with Crippen molar-refractivity contribution in [3.05, 3.63) is 34.9 Å². The molecular formula is C19H33NO2. The molecular weight excluding hydrogens is 274 g/mol. The smallest absolute Gasteiger partial charge is 0.0900 e. The average molecular weight is 307 g/mol. The lowest BCUT2D eigenvalue weighted by molar-refractivity contribution is 0.00689. The summed E-state index contributed by atoms with van der Waals surface area (Å²) < 4.78 is 5.55. The van der Waals surface area contributed by atoms with Crippen LogP contribution >= 0.6 is 0 Å². The Balaban J connectivity index is 2.55. The minimum atomic E-state index is -0.421. The average Bonchev–Trinajstić information content (AvgIpc) is 2.42. The van der Waals surface area contributed by atoms with Crippen molar-refractivity contribution in [1.29, 1.82) is 0 Å². The van der Waals surface area contributed by atoms with E-state index in [1.807, 2.05) is 0 Å². The molecule has 0 fully saturated rings. The summed E-state index contributed by atoms with van der Waals surface area (Å²) in [6.45, 7) is 14.4. The highest BCUT2D eigenvalue weighted by atomic mass is 16.5. The Morgan fingerprint density at radius 3 is 2.55 bits per heavy atom. The van der Waals surface area contributed by atoms with Crippen molar-refractivity contribution in [2.75, 3.05) is 26.3 Å². The van der Waals surface area contributed by atoms with Crippen LogP contribution < -0.4 is 0 Å². The van der Waals surface area contributed by atoms with Gasteiger partial charge < -0.3 is 9.84 Å². The van der Waals surface area contributed by atoms with Crippen molar-refractivity contribution < 1.29 is 9.84 Å². The number of benzene rings is 1. The molecule has 1 atom stereocenters. The largest absolute Gasteiger partial charge is 0.389 e. The lowest BCUT2D eigenvalue weighted by Crippen LogP contribution is -2.35. The summed E-state index contributed by atoms with van der Waals surface area (Å²) in [7, 11) is 0. The predicted octanol–water partition coefficient (Wildman–Crippen LogP) is 3.55. The van der Waals surface area contributed by atoms with E-state index in [-0.39, 0.29) is 0 Å². The number of hydrogen-bond donors (Lipinski definition) is 1. The van der Waals surface area contributed by atoms with E-state index in [9.17, 15) is 5.11 Å². The molecule has 0 aliphatic carbocycles. The number of aliphatic hydroxyl groups is 1. The number of aliphatic hydroxyl groups excluding tert-OH is 1. The molecule has 0 unspecified atom stereocenters. The Morgan fingerprint density at radius 2 is 1.91 bits per heavy atom. The molecule has 1 N–H and O–H groups in total. The SMILES string of the molecule is CCCN(Cc1cc(C)ccc1C)C[C@@H](O)COCC(C)C. The predicted molar refractivity (Wildman–Crippen MR) is 93.1 cm³/mol. The standard InChI is InChI=1S/C19H33NO2/c1-6-9-20(12-19(21)14-22-13-15(2)3)11-18-10-16(4)7-8-17(18)5/h7-8,10,15,19,21H,6,9,11-14H2,1-5H3/t19-/m1/s1. The third-order valence-corrected chi connectivity index (χ3v) is 3.67. The Bertz CT molecular complexity index is 431.